The number of nitrogens with zero attached hydrogens (tertiary/aromatic N) is 4. The number of fused-ring (bicyclic) bond motifs is 2. The average Bonchev–Trinajstić information content (AvgIpc) is 2.55. The number of carbonyl (C=O) groups is 1. The topological polar surface area (TPSA) is 108 Å². The summed E-state index contributed by atoms with van der Waals surface area (Å²) in [7, 11) is 0. The molecule has 0 spiro atoms. The van der Waals surface area contributed by atoms with Crippen molar-refractivity contribution in [2.75, 3.05) is 0 Å². The van der Waals surface area contributed by atoms with E-state index in [-0.39, 0.29) is 5.88 Å². The van der Waals surface area contributed by atoms with Gasteiger partial charge in [0.15, 0.2) is 0 Å². The van der Waals surface area contributed by atoms with E-state index in [1.807, 2.05) is 26.8 Å². The zero-order chi connectivity index (χ0) is 20.0. The number of aromatic nitrogens is 1. The third-order valence-corrected chi connectivity index (χ3v) is 5.63. The van der Waals surface area contributed by atoms with E-state index >= 15 is 0 Å². The fourth-order valence-electron chi connectivity index (χ4n) is 3.64. The third-order valence-electron chi connectivity index (χ3n) is 4.52. The molecule has 0 fully saturated rings. The minimum atomic E-state index is -1.51. The van der Waals surface area contributed by atoms with Gasteiger partial charge >= 0.3 is 5.97 Å². The van der Waals surface area contributed by atoms with Crippen LogP contribution in [-0.2, 0) is 10.3 Å². The van der Waals surface area contributed by atoms with Crippen LogP contribution in [0.1, 0.15) is 31.9 Å². The van der Waals surface area contributed by atoms with Crippen LogP contribution in [0.3, 0.4) is 0 Å². The van der Waals surface area contributed by atoms with Crippen LogP contribution in [0.4, 0.5) is 0 Å². The lowest BCUT2D eigenvalue weighted by atomic mass is 9.63. The standard InChI is InChI=1S/C18H16BrIN4O3/c1-17(2,3)14(16(25)26)18(23-24-21)11-7-10(20)4-5-13(11)27-15-12(18)6-9(19)8-22-15/h4-8,14H,1-3H3,(H,25,26). The first kappa shape index (κ1) is 19.9. The van der Waals surface area contributed by atoms with Gasteiger partial charge in [-0.05, 0) is 73.7 Å². The number of pyridine rings is 1. The van der Waals surface area contributed by atoms with Crippen LogP contribution >= 0.6 is 38.5 Å². The SMILES string of the molecule is CC(C)(C)C(C(=O)O)C1(N=[N+]=[N-])c2cc(I)ccc2Oc2ncc(Br)cc21. The van der Waals surface area contributed by atoms with Crippen molar-refractivity contribution >= 4 is 44.5 Å². The number of hydrogen-bond acceptors (Lipinski definition) is 4. The first-order chi connectivity index (χ1) is 12.6. The molecule has 7 nitrogen and oxygen atoms in total. The molecule has 2 heterocycles. The summed E-state index contributed by atoms with van der Waals surface area (Å²) in [5, 5.41) is 14.3. The van der Waals surface area contributed by atoms with Gasteiger partial charge in [-0.3, -0.25) is 4.79 Å². The predicted molar refractivity (Wildman–Crippen MR) is 112 cm³/mol. The van der Waals surface area contributed by atoms with Crippen molar-refractivity contribution < 1.29 is 14.6 Å². The second kappa shape index (κ2) is 6.96. The first-order valence-corrected chi connectivity index (χ1v) is 9.91. The summed E-state index contributed by atoms with van der Waals surface area (Å²) in [6, 6.07) is 7.10. The van der Waals surface area contributed by atoms with E-state index in [0.717, 1.165) is 3.57 Å². The number of halogens is 2. The van der Waals surface area contributed by atoms with E-state index in [4.69, 9.17) is 4.74 Å². The van der Waals surface area contributed by atoms with E-state index in [0.29, 0.717) is 21.3 Å². The average molecular weight is 543 g/mol. The first-order valence-electron chi connectivity index (χ1n) is 8.04. The van der Waals surface area contributed by atoms with Crippen LogP contribution in [0.5, 0.6) is 11.6 Å². The largest absolute Gasteiger partial charge is 0.481 e. The molecule has 0 saturated heterocycles. The molecule has 140 valence electrons. The van der Waals surface area contributed by atoms with Gasteiger partial charge in [-0.2, -0.15) is 0 Å². The monoisotopic (exact) mass is 542 g/mol. The van der Waals surface area contributed by atoms with Crippen molar-refractivity contribution in [1.29, 1.82) is 0 Å². The van der Waals surface area contributed by atoms with Gasteiger partial charge in [0.05, 0.1) is 5.92 Å². The highest BCUT2D eigenvalue weighted by atomic mass is 127. The molecular formula is C18H16BrIN4O3. The molecule has 3 rings (SSSR count). The summed E-state index contributed by atoms with van der Waals surface area (Å²) >= 11 is 5.52. The van der Waals surface area contributed by atoms with E-state index in [1.165, 1.54) is 0 Å². The van der Waals surface area contributed by atoms with Gasteiger partial charge in [0.2, 0.25) is 5.88 Å². The van der Waals surface area contributed by atoms with Crippen LogP contribution in [0.15, 0.2) is 40.0 Å². The zero-order valence-corrected chi connectivity index (χ0v) is 18.5. The van der Waals surface area contributed by atoms with Gasteiger partial charge in [0.1, 0.15) is 11.3 Å². The van der Waals surface area contributed by atoms with Crippen molar-refractivity contribution in [3.05, 3.63) is 60.1 Å². The van der Waals surface area contributed by atoms with Crippen LogP contribution in [0, 0.1) is 14.9 Å². The zero-order valence-electron chi connectivity index (χ0n) is 14.8. The number of hydrogen-bond donors (Lipinski definition) is 1. The maximum absolute atomic E-state index is 12.5. The maximum Gasteiger partial charge on any atom is 0.308 e. The molecule has 27 heavy (non-hydrogen) atoms. The molecular weight excluding hydrogens is 527 g/mol. The summed E-state index contributed by atoms with van der Waals surface area (Å²) in [5.41, 5.74) is 8.16. The van der Waals surface area contributed by atoms with Crippen LogP contribution in [0.2, 0.25) is 0 Å². The van der Waals surface area contributed by atoms with E-state index < -0.39 is 22.8 Å². The highest BCUT2D eigenvalue weighted by Crippen LogP contribution is 2.56. The van der Waals surface area contributed by atoms with Gasteiger partial charge in [0, 0.05) is 30.3 Å². The number of ether oxygens (including phenoxy) is 1. The number of carboxylic acids is 1. The number of carboxylic acid groups (broad SMARTS) is 1. The van der Waals surface area contributed by atoms with Crippen LogP contribution < -0.4 is 4.74 Å². The highest BCUT2D eigenvalue weighted by molar-refractivity contribution is 14.1. The molecule has 0 saturated carbocycles. The van der Waals surface area contributed by atoms with Crippen molar-refractivity contribution in [3.63, 3.8) is 0 Å². The molecule has 1 aromatic carbocycles. The molecule has 1 N–H and O–H groups in total. The summed E-state index contributed by atoms with van der Waals surface area (Å²) in [6.07, 6.45) is 1.56. The molecule has 2 unspecified atom stereocenters. The lowest BCUT2D eigenvalue weighted by Gasteiger charge is -2.44. The van der Waals surface area contributed by atoms with Crippen molar-refractivity contribution in [1.82, 2.24) is 4.98 Å². The Hall–Kier alpha value is -1.84. The molecule has 1 aliphatic heterocycles. The molecule has 0 aliphatic carbocycles. The Balaban J connectivity index is 2.52. The second-order valence-electron chi connectivity index (χ2n) is 7.34. The molecule has 1 aromatic heterocycles. The maximum atomic E-state index is 12.5. The number of azide groups is 1. The third kappa shape index (κ3) is 3.28. The van der Waals surface area contributed by atoms with E-state index in [9.17, 15) is 15.4 Å². The summed E-state index contributed by atoms with van der Waals surface area (Å²) < 4.78 is 7.43. The summed E-state index contributed by atoms with van der Waals surface area (Å²) in [6.45, 7) is 5.44. The fraction of sp³-hybridized carbons (Fsp3) is 0.333. The van der Waals surface area contributed by atoms with E-state index in [2.05, 4.69) is 53.5 Å². The smallest absolute Gasteiger partial charge is 0.308 e. The van der Waals surface area contributed by atoms with Gasteiger partial charge in [-0.25, -0.2) is 4.98 Å². The molecule has 0 bridgehead atoms. The van der Waals surface area contributed by atoms with Gasteiger partial charge in [0.25, 0.3) is 0 Å². The second-order valence-corrected chi connectivity index (χ2v) is 9.50. The Morgan fingerprint density at radius 3 is 2.70 bits per heavy atom. The minimum absolute atomic E-state index is 0.231. The van der Waals surface area contributed by atoms with Crippen LogP contribution in [-0.4, -0.2) is 16.1 Å². The number of rotatable bonds is 3. The highest BCUT2D eigenvalue weighted by Gasteiger charge is 2.56. The Labute approximate surface area is 178 Å². The van der Waals surface area contributed by atoms with E-state index in [1.54, 1.807) is 24.4 Å². The Morgan fingerprint density at radius 2 is 2.11 bits per heavy atom. The molecule has 1 aliphatic rings. The van der Waals surface area contributed by atoms with Gasteiger partial charge in [-0.1, -0.05) is 25.9 Å². The van der Waals surface area contributed by atoms with Crippen molar-refractivity contribution in [3.8, 4) is 11.6 Å². The normalized spacial score (nSPS) is 19.1. The minimum Gasteiger partial charge on any atom is -0.481 e. The predicted octanol–water partition coefficient (Wildman–Crippen LogP) is 5.86. The Morgan fingerprint density at radius 1 is 1.41 bits per heavy atom. The lowest BCUT2D eigenvalue weighted by Crippen LogP contribution is -2.47. The molecule has 2 aromatic rings. The molecule has 2 atom stereocenters. The van der Waals surface area contributed by atoms with Gasteiger partial charge < -0.3 is 9.84 Å². The Bertz CT molecular complexity index is 932. The molecule has 0 amide bonds. The lowest BCUT2D eigenvalue weighted by molar-refractivity contribution is -0.148. The summed E-state index contributed by atoms with van der Waals surface area (Å²) in [4.78, 5) is 19.8. The van der Waals surface area contributed by atoms with Crippen LogP contribution in [0.25, 0.3) is 10.4 Å². The number of aliphatic carboxylic acids is 1. The number of benzene rings is 1. The quantitative estimate of drug-likeness (QED) is 0.227. The summed E-state index contributed by atoms with van der Waals surface area (Å²) in [5.74, 6) is -1.46. The Kier molecular flexibility index (Phi) is 5.13. The molecule has 9 heteroatoms. The van der Waals surface area contributed by atoms with Crippen molar-refractivity contribution in [2.24, 2.45) is 16.4 Å². The fourth-order valence-corrected chi connectivity index (χ4v) is 4.46. The molecule has 0 radical (unpaired) electrons. The van der Waals surface area contributed by atoms with Crippen molar-refractivity contribution in [2.45, 2.75) is 26.3 Å². The van der Waals surface area contributed by atoms with Gasteiger partial charge in [-0.15, -0.1) is 0 Å².